The van der Waals surface area contributed by atoms with E-state index in [2.05, 4.69) is 124 Å². The molecule has 0 bridgehead atoms. The number of carbonyl (C=O) groups is 3. The van der Waals surface area contributed by atoms with Crippen LogP contribution in [0.3, 0.4) is 0 Å². The van der Waals surface area contributed by atoms with Crippen molar-refractivity contribution >= 4 is 17.9 Å². The van der Waals surface area contributed by atoms with E-state index in [0.717, 1.165) is 103 Å². The molecule has 0 aromatic heterocycles. The third-order valence-electron chi connectivity index (χ3n) is 11.6. The molecule has 0 amide bonds. The van der Waals surface area contributed by atoms with Crippen molar-refractivity contribution in [1.29, 1.82) is 0 Å². The molecular formula is C62H102O6. The van der Waals surface area contributed by atoms with Crippen molar-refractivity contribution in [1.82, 2.24) is 0 Å². The Hall–Kier alpha value is -3.93. The highest BCUT2D eigenvalue weighted by atomic mass is 16.6. The molecule has 1 atom stereocenters. The minimum Gasteiger partial charge on any atom is -0.462 e. The highest BCUT2D eigenvalue weighted by Crippen LogP contribution is 2.14. The average Bonchev–Trinajstić information content (AvgIpc) is 3.34. The van der Waals surface area contributed by atoms with Crippen LogP contribution in [0, 0.1) is 0 Å². The van der Waals surface area contributed by atoms with Gasteiger partial charge in [-0.2, -0.15) is 0 Å². The van der Waals surface area contributed by atoms with Gasteiger partial charge in [-0.25, -0.2) is 0 Å². The minimum absolute atomic E-state index is 0.109. The summed E-state index contributed by atoms with van der Waals surface area (Å²) in [5.74, 6) is -1.01. The number of hydrogen-bond donors (Lipinski definition) is 0. The topological polar surface area (TPSA) is 78.9 Å². The van der Waals surface area contributed by atoms with Crippen LogP contribution in [0.15, 0.2) is 109 Å². The number of rotatable bonds is 49. The van der Waals surface area contributed by atoms with Crippen LogP contribution in [-0.2, 0) is 28.6 Å². The molecule has 0 saturated heterocycles. The van der Waals surface area contributed by atoms with Crippen molar-refractivity contribution in [2.24, 2.45) is 0 Å². The van der Waals surface area contributed by atoms with E-state index in [9.17, 15) is 14.4 Å². The molecule has 68 heavy (non-hydrogen) atoms. The number of esters is 3. The Bertz CT molecular complexity index is 1410. The molecule has 0 aromatic rings. The molecule has 0 rings (SSSR count). The summed E-state index contributed by atoms with van der Waals surface area (Å²) in [5.41, 5.74) is 0. The van der Waals surface area contributed by atoms with Gasteiger partial charge in [0.05, 0.1) is 0 Å². The maximum Gasteiger partial charge on any atom is 0.306 e. The van der Waals surface area contributed by atoms with Gasteiger partial charge in [-0.15, -0.1) is 0 Å². The molecule has 0 aliphatic rings. The Labute approximate surface area is 419 Å². The van der Waals surface area contributed by atoms with Crippen molar-refractivity contribution < 1.29 is 28.6 Å². The van der Waals surface area contributed by atoms with E-state index in [1.807, 2.05) is 6.08 Å². The first-order valence-electron chi connectivity index (χ1n) is 27.9. The Morgan fingerprint density at radius 1 is 0.324 bits per heavy atom. The first-order chi connectivity index (χ1) is 33.5. The van der Waals surface area contributed by atoms with Crippen molar-refractivity contribution in [2.45, 2.75) is 252 Å². The second kappa shape index (κ2) is 55.7. The van der Waals surface area contributed by atoms with Gasteiger partial charge in [-0.3, -0.25) is 14.4 Å². The van der Waals surface area contributed by atoms with Gasteiger partial charge in [-0.05, 0) is 96.3 Å². The van der Waals surface area contributed by atoms with Crippen LogP contribution in [-0.4, -0.2) is 37.2 Å². The van der Waals surface area contributed by atoms with Crippen molar-refractivity contribution in [3.05, 3.63) is 109 Å². The van der Waals surface area contributed by atoms with E-state index in [4.69, 9.17) is 14.2 Å². The van der Waals surface area contributed by atoms with Gasteiger partial charge in [0.25, 0.3) is 0 Å². The maximum atomic E-state index is 12.8. The number of hydrogen-bond acceptors (Lipinski definition) is 6. The van der Waals surface area contributed by atoms with Crippen LogP contribution in [0.4, 0.5) is 0 Å². The third kappa shape index (κ3) is 53.0. The summed E-state index contributed by atoms with van der Waals surface area (Å²) >= 11 is 0. The van der Waals surface area contributed by atoms with E-state index in [1.165, 1.54) is 96.3 Å². The molecule has 6 nitrogen and oxygen atoms in total. The van der Waals surface area contributed by atoms with Crippen molar-refractivity contribution in [2.75, 3.05) is 13.2 Å². The highest BCUT2D eigenvalue weighted by molar-refractivity contribution is 5.71. The normalized spacial score (nSPS) is 12.9. The average molecular weight is 943 g/mol. The van der Waals surface area contributed by atoms with Crippen LogP contribution < -0.4 is 0 Å². The molecule has 0 saturated carbocycles. The lowest BCUT2D eigenvalue weighted by atomic mass is 10.1. The van der Waals surface area contributed by atoms with Gasteiger partial charge in [-0.1, -0.05) is 239 Å². The summed E-state index contributed by atoms with van der Waals surface area (Å²) in [6.45, 7) is 6.40. The second-order valence-corrected chi connectivity index (χ2v) is 18.2. The summed E-state index contributed by atoms with van der Waals surface area (Å²) in [6, 6.07) is 0. The minimum atomic E-state index is -0.817. The first-order valence-corrected chi connectivity index (χ1v) is 27.9. The Balaban J connectivity index is 4.49. The monoisotopic (exact) mass is 943 g/mol. The van der Waals surface area contributed by atoms with E-state index in [-0.39, 0.29) is 44.0 Å². The number of ether oxygens (including phenoxy) is 3. The Morgan fingerprint density at radius 2 is 0.662 bits per heavy atom. The molecule has 0 aromatic carbocycles. The van der Waals surface area contributed by atoms with Crippen LogP contribution in [0.1, 0.15) is 245 Å². The van der Waals surface area contributed by atoms with Gasteiger partial charge in [0.2, 0.25) is 0 Å². The Kier molecular flexibility index (Phi) is 52.4. The summed E-state index contributed by atoms with van der Waals surface area (Å²) in [6.07, 6.45) is 75.1. The largest absolute Gasteiger partial charge is 0.462 e. The smallest absolute Gasteiger partial charge is 0.306 e. The first kappa shape index (κ1) is 64.1. The van der Waals surface area contributed by atoms with Gasteiger partial charge < -0.3 is 14.2 Å². The zero-order chi connectivity index (χ0) is 49.3. The lowest BCUT2D eigenvalue weighted by molar-refractivity contribution is -0.166. The molecule has 0 spiro atoms. The van der Waals surface area contributed by atoms with Crippen LogP contribution in [0.2, 0.25) is 0 Å². The molecule has 0 N–H and O–H groups in total. The Morgan fingerprint density at radius 3 is 1.15 bits per heavy atom. The molecule has 1 unspecified atom stereocenters. The van der Waals surface area contributed by atoms with E-state index >= 15 is 0 Å². The van der Waals surface area contributed by atoms with Crippen LogP contribution in [0.25, 0.3) is 0 Å². The quantitative estimate of drug-likeness (QED) is 0.0199. The predicted octanol–water partition coefficient (Wildman–Crippen LogP) is 18.7. The second-order valence-electron chi connectivity index (χ2n) is 18.2. The fraction of sp³-hybridized carbons (Fsp3) is 0.661. The zero-order valence-corrected chi connectivity index (χ0v) is 44.1. The van der Waals surface area contributed by atoms with Crippen LogP contribution >= 0.6 is 0 Å². The summed E-state index contributed by atoms with van der Waals surface area (Å²) < 4.78 is 16.8. The fourth-order valence-corrected chi connectivity index (χ4v) is 7.40. The van der Waals surface area contributed by atoms with E-state index in [0.29, 0.717) is 12.8 Å². The molecule has 0 aliphatic carbocycles. The molecule has 0 radical (unpaired) electrons. The lowest BCUT2D eigenvalue weighted by Gasteiger charge is -2.18. The van der Waals surface area contributed by atoms with Crippen LogP contribution in [0.5, 0.6) is 0 Å². The lowest BCUT2D eigenvalue weighted by Crippen LogP contribution is -2.30. The summed E-state index contributed by atoms with van der Waals surface area (Å²) in [7, 11) is 0. The number of unbranched alkanes of at least 4 members (excludes halogenated alkanes) is 23. The van der Waals surface area contributed by atoms with E-state index < -0.39 is 6.10 Å². The molecule has 0 fully saturated rings. The zero-order valence-electron chi connectivity index (χ0n) is 44.1. The predicted molar refractivity (Wildman–Crippen MR) is 293 cm³/mol. The summed E-state index contributed by atoms with van der Waals surface area (Å²) in [4.78, 5) is 38.1. The standard InChI is InChI=1S/C62H102O6/c1-4-7-10-13-16-19-22-25-27-29-31-33-34-37-40-43-46-49-52-55-61(64)67-58-59(57-66-60(63)54-51-48-45-42-39-36-24-21-18-15-12-9-6-3)68-62(65)56-53-50-47-44-41-38-35-32-30-28-26-23-20-17-14-11-8-5-2/h7,10,16-17,19-20,23,25-28,30,32,35-36,39,45,48,59H,4-6,8-9,11-15,18,21-22,24,29,31,33-34,37-38,40-44,46-47,49-58H2,1-3H3/b10-7+,19-16+,20-17+,26-23+,27-25+,30-28+,35-32+,39-36+,48-45+. The van der Waals surface area contributed by atoms with Crippen molar-refractivity contribution in [3.63, 3.8) is 0 Å². The van der Waals surface area contributed by atoms with E-state index in [1.54, 1.807) is 0 Å². The molecule has 0 heterocycles. The van der Waals surface area contributed by atoms with Crippen molar-refractivity contribution in [3.8, 4) is 0 Å². The third-order valence-corrected chi connectivity index (χ3v) is 11.6. The fourth-order valence-electron chi connectivity index (χ4n) is 7.40. The molecule has 0 aliphatic heterocycles. The number of carbonyl (C=O) groups excluding carboxylic acids is 3. The molecular weight excluding hydrogens is 841 g/mol. The highest BCUT2D eigenvalue weighted by Gasteiger charge is 2.19. The van der Waals surface area contributed by atoms with Gasteiger partial charge in [0.15, 0.2) is 6.10 Å². The maximum absolute atomic E-state index is 12.8. The van der Waals surface area contributed by atoms with Gasteiger partial charge >= 0.3 is 17.9 Å². The SMILES string of the molecule is CC/C=C/C/C=C/C/C=C/CCCCCCCCCCCC(=O)OCC(COC(=O)CC/C=C/C/C=C/CCCCCCCC)OC(=O)CCCCCCC/C=C/C=C/C=C/C=C/CCCCC. The summed E-state index contributed by atoms with van der Waals surface area (Å²) in [5, 5.41) is 0. The molecule has 6 heteroatoms. The van der Waals surface area contributed by atoms with Gasteiger partial charge in [0, 0.05) is 19.3 Å². The molecule has 386 valence electrons. The van der Waals surface area contributed by atoms with Gasteiger partial charge in [0.1, 0.15) is 13.2 Å². The number of allylic oxidation sites excluding steroid dienone is 18.